The summed E-state index contributed by atoms with van der Waals surface area (Å²) in [6, 6.07) is 9.62. The minimum atomic E-state index is -3.79. The van der Waals surface area contributed by atoms with Crippen LogP contribution in [0.3, 0.4) is 0 Å². The molecule has 2 aromatic carbocycles. The SMILES string of the molecule is COC(=O)c1c(CS(=O)(=O)c2ccccc2/C=C/CO)ccc(Br)c1OC. The Balaban J connectivity index is 2.57. The lowest BCUT2D eigenvalue weighted by Gasteiger charge is -2.15. The normalized spacial score (nSPS) is 11.6. The molecule has 2 aromatic rings. The van der Waals surface area contributed by atoms with E-state index in [1.807, 2.05) is 0 Å². The highest BCUT2D eigenvalue weighted by Gasteiger charge is 2.26. The van der Waals surface area contributed by atoms with Crippen LogP contribution in [0.5, 0.6) is 5.75 Å². The Hall–Kier alpha value is -2.16. The number of sulfone groups is 1. The van der Waals surface area contributed by atoms with E-state index >= 15 is 0 Å². The molecule has 0 aliphatic rings. The van der Waals surface area contributed by atoms with Crippen LogP contribution in [0.2, 0.25) is 0 Å². The highest BCUT2D eigenvalue weighted by Crippen LogP contribution is 2.34. The van der Waals surface area contributed by atoms with Gasteiger partial charge in [-0.05, 0) is 39.2 Å². The van der Waals surface area contributed by atoms with E-state index in [1.165, 1.54) is 32.4 Å². The summed E-state index contributed by atoms with van der Waals surface area (Å²) in [6.07, 6.45) is 2.99. The number of esters is 1. The summed E-state index contributed by atoms with van der Waals surface area (Å²) in [4.78, 5) is 12.3. The van der Waals surface area contributed by atoms with Gasteiger partial charge in [-0.2, -0.15) is 0 Å². The highest BCUT2D eigenvalue weighted by atomic mass is 79.9. The Kier molecular flexibility index (Phi) is 7.18. The molecule has 0 spiro atoms. The number of carbonyl (C=O) groups excluding carboxylic acids is 1. The quantitative estimate of drug-likeness (QED) is 0.645. The maximum atomic E-state index is 13.0. The van der Waals surface area contributed by atoms with Gasteiger partial charge < -0.3 is 14.6 Å². The van der Waals surface area contributed by atoms with E-state index in [2.05, 4.69) is 15.9 Å². The second-order valence-electron chi connectivity index (χ2n) is 5.49. The maximum Gasteiger partial charge on any atom is 0.342 e. The summed E-state index contributed by atoms with van der Waals surface area (Å²) in [6.45, 7) is -0.204. The molecule has 0 aliphatic heterocycles. The molecule has 0 unspecified atom stereocenters. The van der Waals surface area contributed by atoms with Crippen LogP contribution in [0.4, 0.5) is 0 Å². The molecular formula is C19H19BrO6S. The number of hydrogen-bond acceptors (Lipinski definition) is 6. The fourth-order valence-electron chi connectivity index (χ4n) is 2.61. The smallest absolute Gasteiger partial charge is 0.342 e. The van der Waals surface area contributed by atoms with Crippen molar-refractivity contribution in [1.82, 2.24) is 0 Å². The van der Waals surface area contributed by atoms with Gasteiger partial charge in [0, 0.05) is 0 Å². The Bertz CT molecular complexity index is 966. The van der Waals surface area contributed by atoms with Crippen LogP contribution in [0.25, 0.3) is 6.08 Å². The molecule has 0 fully saturated rings. The summed E-state index contributed by atoms with van der Waals surface area (Å²) in [5.41, 5.74) is 0.777. The van der Waals surface area contributed by atoms with E-state index in [1.54, 1.807) is 30.3 Å². The molecule has 0 bridgehead atoms. The number of hydrogen-bond donors (Lipinski definition) is 1. The summed E-state index contributed by atoms with van der Waals surface area (Å²) < 4.78 is 36.6. The van der Waals surface area contributed by atoms with Gasteiger partial charge in [0.25, 0.3) is 0 Å². The third-order valence-corrected chi connectivity index (χ3v) is 6.15. The molecule has 0 saturated heterocycles. The first-order chi connectivity index (χ1) is 12.9. The average molecular weight is 455 g/mol. The first-order valence-electron chi connectivity index (χ1n) is 7.88. The van der Waals surface area contributed by atoms with Crippen molar-refractivity contribution in [1.29, 1.82) is 0 Å². The van der Waals surface area contributed by atoms with Crippen molar-refractivity contribution in [2.24, 2.45) is 0 Å². The lowest BCUT2D eigenvalue weighted by atomic mass is 10.1. The van der Waals surface area contributed by atoms with Crippen molar-refractivity contribution in [3.8, 4) is 5.75 Å². The molecule has 8 heteroatoms. The van der Waals surface area contributed by atoms with E-state index in [9.17, 15) is 13.2 Å². The van der Waals surface area contributed by atoms with Crippen molar-refractivity contribution in [3.63, 3.8) is 0 Å². The number of methoxy groups -OCH3 is 2. The van der Waals surface area contributed by atoms with E-state index in [0.29, 0.717) is 10.0 Å². The molecular weight excluding hydrogens is 436 g/mol. The summed E-state index contributed by atoms with van der Waals surface area (Å²) in [5.74, 6) is -0.889. The van der Waals surface area contributed by atoms with Gasteiger partial charge in [0.2, 0.25) is 0 Å². The molecule has 0 heterocycles. The number of ether oxygens (including phenoxy) is 2. The van der Waals surface area contributed by atoms with Crippen LogP contribution in [0, 0.1) is 0 Å². The highest BCUT2D eigenvalue weighted by molar-refractivity contribution is 9.10. The molecule has 0 amide bonds. The molecule has 0 aromatic heterocycles. The second-order valence-corrected chi connectivity index (χ2v) is 8.30. The molecule has 27 heavy (non-hydrogen) atoms. The molecule has 144 valence electrons. The zero-order chi connectivity index (χ0) is 20.0. The van der Waals surface area contributed by atoms with Gasteiger partial charge in [0.1, 0.15) is 11.3 Å². The van der Waals surface area contributed by atoms with Gasteiger partial charge >= 0.3 is 5.97 Å². The molecule has 1 N–H and O–H groups in total. The predicted octanol–water partition coefficient (Wildman–Crippen LogP) is 3.22. The van der Waals surface area contributed by atoms with Crippen molar-refractivity contribution in [2.45, 2.75) is 10.6 Å². The third-order valence-electron chi connectivity index (χ3n) is 3.79. The summed E-state index contributed by atoms with van der Waals surface area (Å²) >= 11 is 3.29. The van der Waals surface area contributed by atoms with E-state index in [-0.39, 0.29) is 28.4 Å². The largest absolute Gasteiger partial charge is 0.495 e. The van der Waals surface area contributed by atoms with Gasteiger partial charge in [0.05, 0.1) is 35.9 Å². The van der Waals surface area contributed by atoms with Gasteiger partial charge in [-0.1, -0.05) is 36.4 Å². The Morgan fingerprint density at radius 3 is 2.52 bits per heavy atom. The molecule has 0 radical (unpaired) electrons. The summed E-state index contributed by atoms with van der Waals surface area (Å²) in [7, 11) is -1.18. The predicted molar refractivity (Wildman–Crippen MR) is 105 cm³/mol. The molecule has 0 aliphatic carbocycles. The van der Waals surface area contributed by atoms with Crippen LogP contribution in [0.1, 0.15) is 21.5 Å². The number of aliphatic hydroxyl groups excluding tert-OH is 1. The number of rotatable bonds is 7. The van der Waals surface area contributed by atoms with Crippen LogP contribution in [-0.4, -0.2) is 40.3 Å². The van der Waals surface area contributed by atoms with Gasteiger partial charge in [0.15, 0.2) is 9.84 Å². The Labute approximate surface area is 166 Å². The zero-order valence-corrected chi connectivity index (χ0v) is 17.2. The van der Waals surface area contributed by atoms with Gasteiger partial charge in [-0.3, -0.25) is 0 Å². The average Bonchev–Trinajstić information content (AvgIpc) is 2.66. The first kappa shape index (κ1) is 21.1. The monoisotopic (exact) mass is 454 g/mol. The molecule has 0 saturated carbocycles. The minimum absolute atomic E-state index is 0.0568. The first-order valence-corrected chi connectivity index (χ1v) is 10.3. The zero-order valence-electron chi connectivity index (χ0n) is 14.8. The van der Waals surface area contributed by atoms with Crippen molar-refractivity contribution in [3.05, 3.63) is 63.6 Å². The topological polar surface area (TPSA) is 89.9 Å². The number of halogens is 1. The van der Waals surface area contributed by atoms with E-state index in [0.717, 1.165) is 0 Å². The number of carbonyl (C=O) groups is 1. The van der Waals surface area contributed by atoms with Crippen LogP contribution < -0.4 is 4.74 Å². The number of benzene rings is 2. The Morgan fingerprint density at radius 2 is 1.89 bits per heavy atom. The van der Waals surface area contributed by atoms with E-state index < -0.39 is 21.6 Å². The fraction of sp³-hybridized carbons (Fsp3) is 0.211. The fourth-order valence-corrected chi connectivity index (χ4v) is 4.69. The van der Waals surface area contributed by atoms with Gasteiger partial charge in [-0.15, -0.1) is 0 Å². The molecule has 6 nitrogen and oxygen atoms in total. The summed E-state index contributed by atoms with van der Waals surface area (Å²) in [5, 5.41) is 8.96. The third kappa shape index (κ3) is 4.77. The van der Waals surface area contributed by atoms with Crippen LogP contribution >= 0.6 is 15.9 Å². The standard InChI is InChI=1S/C19H19BrO6S/c1-25-18-15(20)10-9-14(17(18)19(22)26-2)12-27(23,24)16-8-4-3-6-13(16)7-5-11-21/h3-10,21H,11-12H2,1-2H3/b7-5+. The number of aliphatic hydroxyl groups is 1. The molecule has 2 rings (SSSR count). The lowest BCUT2D eigenvalue weighted by Crippen LogP contribution is -2.13. The minimum Gasteiger partial charge on any atom is -0.495 e. The van der Waals surface area contributed by atoms with Crippen molar-refractivity contribution < 1.29 is 27.8 Å². The van der Waals surface area contributed by atoms with Crippen molar-refractivity contribution >= 4 is 37.8 Å². The van der Waals surface area contributed by atoms with Crippen LogP contribution in [0.15, 0.2) is 51.8 Å². The Morgan fingerprint density at radius 1 is 1.19 bits per heavy atom. The van der Waals surface area contributed by atoms with Crippen LogP contribution in [-0.2, 0) is 20.3 Å². The van der Waals surface area contributed by atoms with Crippen molar-refractivity contribution in [2.75, 3.05) is 20.8 Å². The molecule has 0 atom stereocenters. The van der Waals surface area contributed by atoms with E-state index in [4.69, 9.17) is 14.6 Å². The second kappa shape index (κ2) is 9.16. The van der Waals surface area contributed by atoms with Gasteiger partial charge in [-0.25, -0.2) is 13.2 Å². The lowest BCUT2D eigenvalue weighted by molar-refractivity contribution is 0.0596. The maximum absolute atomic E-state index is 13.0.